The minimum absolute atomic E-state index is 0.0615. The van der Waals surface area contributed by atoms with Gasteiger partial charge >= 0.3 is 0 Å². The Hall–Kier alpha value is -1.13. The van der Waals surface area contributed by atoms with Gasteiger partial charge in [0.2, 0.25) is 0 Å². The van der Waals surface area contributed by atoms with Crippen LogP contribution in [-0.4, -0.2) is 23.9 Å². The highest BCUT2D eigenvalue weighted by Crippen LogP contribution is 2.22. The summed E-state index contributed by atoms with van der Waals surface area (Å²) < 4.78 is 19.0. The van der Waals surface area contributed by atoms with Crippen LogP contribution in [0.4, 0.5) is 4.39 Å². The maximum Gasteiger partial charge on any atom is 0.165 e. The fourth-order valence-corrected chi connectivity index (χ4v) is 1.58. The smallest absolute Gasteiger partial charge is 0.165 e. The van der Waals surface area contributed by atoms with Crippen molar-refractivity contribution in [3.05, 3.63) is 29.6 Å². The van der Waals surface area contributed by atoms with E-state index < -0.39 is 11.4 Å². The van der Waals surface area contributed by atoms with Gasteiger partial charge in [0.1, 0.15) is 6.61 Å². The SMILES string of the molecule is CCNC(C)c1ccc(OCC(C)(C)O)c(F)c1. The molecule has 0 saturated carbocycles. The number of aliphatic hydroxyl groups is 1. The molecular weight excluding hydrogens is 233 g/mol. The van der Waals surface area contributed by atoms with Crippen molar-refractivity contribution in [2.45, 2.75) is 39.3 Å². The molecule has 1 aromatic carbocycles. The van der Waals surface area contributed by atoms with E-state index in [1.54, 1.807) is 19.9 Å². The van der Waals surface area contributed by atoms with Crippen molar-refractivity contribution < 1.29 is 14.2 Å². The van der Waals surface area contributed by atoms with E-state index in [9.17, 15) is 9.50 Å². The zero-order chi connectivity index (χ0) is 13.8. The molecule has 18 heavy (non-hydrogen) atoms. The lowest BCUT2D eigenvalue weighted by molar-refractivity contribution is 0.0271. The minimum Gasteiger partial charge on any atom is -0.488 e. The molecule has 1 aromatic rings. The van der Waals surface area contributed by atoms with Gasteiger partial charge in [-0.1, -0.05) is 13.0 Å². The molecule has 0 saturated heterocycles. The van der Waals surface area contributed by atoms with Crippen molar-refractivity contribution in [2.75, 3.05) is 13.2 Å². The van der Waals surface area contributed by atoms with Crippen molar-refractivity contribution in [1.82, 2.24) is 5.32 Å². The molecule has 0 aliphatic rings. The minimum atomic E-state index is -0.970. The number of halogens is 1. The molecule has 1 unspecified atom stereocenters. The monoisotopic (exact) mass is 255 g/mol. The molecule has 1 rings (SSSR count). The lowest BCUT2D eigenvalue weighted by Crippen LogP contribution is -2.28. The highest BCUT2D eigenvalue weighted by atomic mass is 19.1. The van der Waals surface area contributed by atoms with E-state index in [1.807, 2.05) is 19.9 Å². The Bertz CT molecular complexity index is 388. The zero-order valence-electron chi connectivity index (χ0n) is 11.5. The molecule has 0 aliphatic heterocycles. The maximum absolute atomic E-state index is 13.8. The van der Waals surface area contributed by atoms with Crippen LogP contribution >= 0.6 is 0 Å². The lowest BCUT2D eigenvalue weighted by Gasteiger charge is -2.19. The topological polar surface area (TPSA) is 41.5 Å². The summed E-state index contributed by atoms with van der Waals surface area (Å²) in [6, 6.07) is 5.00. The molecule has 1 atom stereocenters. The first-order chi connectivity index (χ1) is 8.33. The summed E-state index contributed by atoms with van der Waals surface area (Å²) in [4.78, 5) is 0. The number of ether oxygens (including phenoxy) is 1. The third kappa shape index (κ3) is 4.63. The molecule has 102 valence electrons. The van der Waals surface area contributed by atoms with Gasteiger partial charge in [0.25, 0.3) is 0 Å². The Morgan fingerprint density at radius 3 is 2.61 bits per heavy atom. The number of hydrogen-bond acceptors (Lipinski definition) is 3. The second-order valence-corrected chi connectivity index (χ2v) is 5.07. The molecule has 0 amide bonds. The van der Waals surface area contributed by atoms with E-state index in [-0.39, 0.29) is 18.4 Å². The van der Waals surface area contributed by atoms with Crippen LogP contribution in [0.3, 0.4) is 0 Å². The average Bonchev–Trinajstić information content (AvgIpc) is 2.26. The van der Waals surface area contributed by atoms with Crippen molar-refractivity contribution in [3.8, 4) is 5.75 Å². The van der Waals surface area contributed by atoms with Crippen molar-refractivity contribution >= 4 is 0 Å². The summed E-state index contributed by atoms with van der Waals surface area (Å²) in [7, 11) is 0. The Labute approximate surface area is 108 Å². The molecule has 4 heteroatoms. The molecule has 0 aliphatic carbocycles. The second kappa shape index (κ2) is 6.16. The normalized spacial score (nSPS) is 13.4. The standard InChI is InChI=1S/C14H22FNO2/c1-5-16-10(2)11-6-7-13(12(15)8-11)18-9-14(3,4)17/h6-8,10,16-17H,5,9H2,1-4H3. The summed E-state index contributed by atoms with van der Waals surface area (Å²) in [5.74, 6) is -0.230. The van der Waals surface area contributed by atoms with Gasteiger partial charge in [-0.3, -0.25) is 0 Å². The predicted octanol–water partition coefficient (Wildman–Crippen LogP) is 2.65. The van der Waals surface area contributed by atoms with Gasteiger partial charge in [-0.2, -0.15) is 0 Å². The van der Waals surface area contributed by atoms with E-state index >= 15 is 0 Å². The molecule has 0 aromatic heterocycles. The van der Waals surface area contributed by atoms with Gasteiger partial charge in [-0.25, -0.2) is 4.39 Å². The summed E-state index contributed by atoms with van der Waals surface area (Å²) in [5.41, 5.74) is -0.0905. The van der Waals surface area contributed by atoms with Crippen molar-refractivity contribution in [3.63, 3.8) is 0 Å². The van der Waals surface area contributed by atoms with Gasteiger partial charge in [-0.05, 0) is 45.0 Å². The molecular formula is C14H22FNO2. The summed E-state index contributed by atoms with van der Waals surface area (Å²) in [6.07, 6.45) is 0. The molecule has 0 radical (unpaired) electrons. The predicted molar refractivity (Wildman–Crippen MR) is 70.3 cm³/mol. The van der Waals surface area contributed by atoms with Gasteiger partial charge in [0, 0.05) is 6.04 Å². The van der Waals surface area contributed by atoms with E-state index in [4.69, 9.17) is 4.74 Å². The first-order valence-electron chi connectivity index (χ1n) is 6.21. The fraction of sp³-hybridized carbons (Fsp3) is 0.571. The zero-order valence-corrected chi connectivity index (χ0v) is 11.5. The Kier molecular flexibility index (Phi) is 5.11. The maximum atomic E-state index is 13.8. The Morgan fingerprint density at radius 1 is 1.44 bits per heavy atom. The van der Waals surface area contributed by atoms with Crippen LogP contribution in [0.5, 0.6) is 5.75 Å². The van der Waals surface area contributed by atoms with Gasteiger partial charge in [-0.15, -0.1) is 0 Å². The summed E-state index contributed by atoms with van der Waals surface area (Å²) >= 11 is 0. The van der Waals surface area contributed by atoms with Crippen LogP contribution < -0.4 is 10.1 Å². The quantitative estimate of drug-likeness (QED) is 0.821. The van der Waals surface area contributed by atoms with Crippen molar-refractivity contribution in [2.24, 2.45) is 0 Å². The highest BCUT2D eigenvalue weighted by Gasteiger charge is 2.15. The lowest BCUT2D eigenvalue weighted by atomic mass is 10.1. The summed E-state index contributed by atoms with van der Waals surface area (Å²) in [5, 5.41) is 12.7. The first kappa shape index (κ1) is 14.9. The number of rotatable bonds is 6. The first-order valence-corrected chi connectivity index (χ1v) is 6.21. The second-order valence-electron chi connectivity index (χ2n) is 5.07. The van der Waals surface area contributed by atoms with E-state index in [2.05, 4.69) is 5.32 Å². The molecule has 3 nitrogen and oxygen atoms in total. The van der Waals surface area contributed by atoms with E-state index in [0.717, 1.165) is 12.1 Å². The largest absolute Gasteiger partial charge is 0.488 e. The van der Waals surface area contributed by atoms with Crippen LogP contribution in [0.25, 0.3) is 0 Å². The molecule has 0 heterocycles. The average molecular weight is 255 g/mol. The Morgan fingerprint density at radius 2 is 2.11 bits per heavy atom. The summed E-state index contributed by atoms with van der Waals surface area (Å²) in [6.45, 7) is 8.12. The van der Waals surface area contributed by atoms with Gasteiger partial charge < -0.3 is 15.2 Å². The number of hydrogen-bond donors (Lipinski definition) is 2. The van der Waals surface area contributed by atoms with Crippen LogP contribution in [0.1, 0.15) is 39.3 Å². The third-order valence-electron chi connectivity index (χ3n) is 2.55. The van der Waals surface area contributed by atoms with Crippen LogP contribution in [0, 0.1) is 5.82 Å². The van der Waals surface area contributed by atoms with Crippen LogP contribution in [0.15, 0.2) is 18.2 Å². The van der Waals surface area contributed by atoms with E-state index in [1.165, 1.54) is 6.07 Å². The molecule has 2 N–H and O–H groups in total. The van der Waals surface area contributed by atoms with Gasteiger partial charge in [0.05, 0.1) is 5.60 Å². The molecule has 0 fully saturated rings. The highest BCUT2D eigenvalue weighted by molar-refractivity contribution is 5.31. The number of benzene rings is 1. The number of nitrogens with one attached hydrogen (secondary N) is 1. The van der Waals surface area contributed by atoms with E-state index in [0.29, 0.717) is 0 Å². The van der Waals surface area contributed by atoms with Crippen molar-refractivity contribution in [1.29, 1.82) is 0 Å². The molecule has 0 bridgehead atoms. The van der Waals surface area contributed by atoms with Crippen LogP contribution in [0.2, 0.25) is 0 Å². The van der Waals surface area contributed by atoms with Crippen LogP contribution in [-0.2, 0) is 0 Å². The Balaban J connectivity index is 2.73. The fourth-order valence-electron chi connectivity index (χ4n) is 1.58. The third-order valence-corrected chi connectivity index (χ3v) is 2.55. The molecule has 0 spiro atoms. The van der Waals surface area contributed by atoms with Gasteiger partial charge in [0.15, 0.2) is 11.6 Å².